The average molecular weight is 288 g/mol. The van der Waals surface area contributed by atoms with Crippen LogP contribution in [-0.4, -0.2) is 33.3 Å². The molecule has 0 aliphatic heterocycles. The van der Waals surface area contributed by atoms with Gasteiger partial charge in [0.25, 0.3) is 0 Å². The Labute approximate surface area is 123 Å². The molecule has 6 heteroatoms. The molecule has 4 N–H and O–H groups in total. The number of hydrogen-bond acceptors (Lipinski definition) is 3. The van der Waals surface area contributed by atoms with Crippen molar-refractivity contribution in [3.63, 3.8) is 0 Å². The molecule has 1 atom stereocenters. The van der Waals surface area contributed by atoms with Crippen molar-refractivity contribution >= 4 is 17.1 Å². The van der Waals surface area contributed by atoms with E-state index in [1.807, 2.05) is 31.2 Å². The molecule has 1 aliphatic rings. The Bertz CT molecular complexity index is 615. The Kier molecular flexibility index (Phi) is 3.55. The maximum atomic E-state index is 11.9. The Morgan fingerprint density at radius 2 is 2.24 bits per heavy atom. The molecular formula is C15H20N4O2. The van der Waals surface area contributed by atoms with Crippen LogP contribution in [0.4, 0.5) is 4.79 Å². The second-order valence-electron chi connectivity index (χ2n) is 5.77. The molecule has 2 aromatic rings. The lowest BCUT2D eigenvalue weighted by molar-refractivity contribution is -0.0290. The molecule has 1 aliphatic carbocycles. The summed E-state index contributed by atoms with van der Waals surface area (Å²) in [5.41, 5.74) is 1.12. The van der Waals surface area contributed by atoms with Gasteiger partial charge in [-0.05, 0) is 38.3 Å². The van der Waals surface area contributed by atoms with Crippen molar-refractivity contribution in [1.29, 1.82) is 0 Å². The van der Waals surface area contributed by atoms with Crippen LogP contribution in [0.25, 0.3) is 11.0 Å². The van der Waals surface area contributed by atoms with E-state index in [2.05, 4.69) is 20.6 Å². The van der Waals surface area contributed by atoms with E-state index in [0.29, 0.717) is 12.4 Å². The summed E-state index contributed by atoms with van der Waals surface area (Å²) < 4.78 is 0. The van der Waals surface area contributed by atoms with Crippen molar-refractivity contribution in [2.24, 2.45) is 0 Å². The minimum absolute atomic E-state index is 0.228. The van der Waals surface area contributed by atoms with Crippen LogP contribution in [0.1, 0.15) is 38.1 Å². The summed E-state index contributed by atoms with van der Waals surface area (Å²) in [6.45, 7) is 2.17. The molecule has 0 bridgehead atoms. The molecule has 6 nitrogen and oxygen atoms in total. The number of fused-ring (bicyclic) bond motifs is 1. The van der Waals surface area contributed by atoms with E-state index in [-0.39, 0.29) is 12.1 Å². The summed E-state index contributed by atoms with van der Waals surface area (Å²) in [5.74, 6) is 0.716. The Hall–Kier alpha value is -2.08. The topological polar surface area (TPSA) is 90.0 Å². The maximum absolute atomic E-state index is 11.9. The van der Waals surface area contributed by atoms with Crippen molar-refractivity contribution in [2.75, 3.05) is 6.54 Å². The number of aromatic amines is 1. The summed E-state index contributed by atoms with van der Waals surface area (Å²) in [6, 6.07) is 7.22. The molecule has 2 amide bonds. The first-order valence-electron chi connectivity index (χ1n) is 7.27. The molecule has 1 aromatic carbocycles. The lowest BCUT2D eigenvalue weighted by Crippen LogP contribution is -2.50. The zero-order chi connectivity index (χ0) is 14.9. The molecule has 0 spiro atoms. The predicted octanol–water partition coefficient (Wildman–Crippen LogP) is 1.84. The highest BCUT2D eigenvalue weighted by Crippen LogP contribution is 2.30. The maximum Gasteiger partial charge on any atom is 0.315 e. The van der Waals surface area contributed by atoms with Gasteiger partial charge in [0.05, 0.1) is 22.7 Å². The van der Waals surface area contributed by atoms with Crippen molar-refractivity contribution in [1.82, 2.24) is 20.6 Å². The summed E-state index contributed by atoms with van der Waals surface area (Å²) in [7, 11) is 0. The zero-order valence-corrected chi connectivity index (χ0v) is 12.0. The van der Waals surface area contributed by atoms with E-state index in [1.54, 1.807) is 0 Å². The van der Waals surface area contributed by atoms with E-state index in [9.17, 15) is 9.90 Å². The number of hydrogen-bond donors (Lipinski definition) is 4. The largest absolute Gasteiger partial charge is 0.388 e. The molecule has 1 heterocycles. The number of rotatable bonds is 4. The lowest BCUT2D eigenvalue weighted by Gasteiger charge is -2.36. The normalized spacial score (nSPS) is 18.0. The molecule has 112 valence electrons. The van der Waals surface area contributed by atoms with Crippen molar-refractivity contribution in [3.8, 4) is 0 Å². The van der Waals surface area contributed by atoms with Gasteiger partial charge < -0.3 is 20.7 Å². The van der Waals surface area contributed by atoms with E-state index in [1.165, 1.54) is 0 Å². The van der Waals surface area contributed by atoms with Crippen molar-refractivity contribution in [3.05, 3.63) is 30.1 Å². The molecule has 1 saturated carbocycles. The van der Waals surface area contributed by atoms with Crippen LogP contribution >= 0.6 is 0 Å². The number of aromatic nitrogens is 2. The number of carbonyl (C=O) groups excluding carboxylic acids is 1. The Morgan fingerprint density at radius 1 is 1.48 bits per heavy atom. The fourth-order valence-corrected chi connectivity index (χ4v) is 2.50. The first-order chi connectivity index (χ1) is 10.1. The van der Waals surface area contributed by atoms with Crippen molar-refractivity contribution < 1.29 is 9.90 Å². The summed E-state index contributed by atoms with van der Waals surface area (Å²) in [4.78, 5) is 19.5. The van der Waals surface area contributed by atoms with E-state index in [4.69, 9.17) is 0 Å². The fourth-order valence-electron chi connectivity index (χ4n) is 2.50. The number of carbonyl (C=O) groups is 1. The van der Waals surface area contributed by atoms with Crippen LogP contribution in [0.5, 0.6) is 0 Å². The molecule has 1 aromatic heterocycles. The molecular weight excluding hydrogens is 268 g/mol. The molecule has 0 radical (unpaired) electrons. The summed E-state index contributed by atoms with van der Waals surface area (Å²) in [5, 5.41) is 15.5. The molecule has 3 rings (SSSR count). The molecule has 1 unspecified atom stereocenters. The quantitative estimate of drug-likeness (QED) is 0.692. The zero-order valence-electron chi connectivity index (χ0n) is 12.0. The van der Waals surface area contributed by atoms with Crippen LogP contribution in [0.2, 0.25) is 0 Å². The first kappa shape index (κ1) is 13.9. The van der Waals surface area contributed by atoms with Crippen LogP contribution in [0.3, 0.4) is 0 Å². The van der Waals surface area contributed by atoms with Gasteiger partial charge >= 0.3 is 6.03 Å². The van der Waals surface area contributed by atoms with E-state index in [0.717, 1.165) is 30.3 Å². The van der Waals surface area contributed by atoms with Gasteiger partial charge in [-0.25, -0.2) is 9.78 Å². The Morgan fingerprint density at radius 3 is 2.90 bits per heavy atom. The minimum atomic E-state index is -0.708. The number of H-pyrrole nitrogens is 1. The number of amides is 2. The monoisotopic (exact) mass is 288 g/mol. The third-order valence-electron chi connectivity index (χ3n) is 4.03. The highest BCUT2D eigenvalue weighted by molar-refractivity contribution is 5.76. The van der Waals surface area contributed by atoms with Crippen molar-refractivity contribution in [2.45, 2.75) is 37.8 Å². The minimum Gasteiger partial charge on any atom is -0.388 e. The molecule has 21 heavy (non-hydrogen) atoms. The number of imidazole rings is 1. The highest BCUT2D eigenvalue weighted by Gasteiger charge is 2.34. The molecule has 1 fully saturated rings. The Balaban J connectivity index is 1.57. The number of nitrogens with one attached hydrogen (secondary N) is 3. The van der Waals surface area contributed by atoms with Gasteiger partial charge in [0.1, 0.15) is 5.82 Å². The van der Waals surface area contributed by atoms with Gasteiger partial charge in [-0.2, -0.15) is 0 Å². The van der Waals surface area contributed by atoms with Gasteiger partial charge in [-0.15, -0.1) is 0 Å². The van der Waals surface area contributed by atoms with Crippen LogP contribution < -0.4 is 10.6 Å². The van der Waals surface area contributed by atoms with Crippen LogP contribution in [0.15, 0.2) is 24.3 Å². The fraction of sp³-hybridized carbons (Fsp3) is 0.467. The highest BCUT2D eigenvalue weighted by atomic mass is 16.3. The lowest BCUT2D eigenvalue weighted by atomic mass is 9.80. The second kappa shape index (κ2) is 5.37. The van der Waals surface area contributed by atoms with Gasteiger partial charge in [-0.3, -0.25) is 0 Å². The van der Waals surface area contributed by atoms with E-state index < -0.39 is 5.60 Å². The second-order valence-corrected chi connectivity index (χ2v) is 5.77. The number of nitrogens with zero attached hydrogens (tertiary/aromatic N) is 1. The smallest absolute Gasteiger partial charge is 0.315 e. The van der Waals surface area contributed by atoms with Crippen LogP contribution in [-0.2, 0) is 0 Å². The molecule has 0 saturated heterocycles. The van der Waals surface area contributed by atoms with Gasteiger partial charge in [0, 0.05) is 6.54 Å². The number of urea groups is 1. The number of para-hydroxylation sites is 2. The average Bonchev–Trinajstić information content (AvgIpc) is 2.87. The standard InChI is InChI=1S/C15H20N4O2/c1-10(13-18-11-5-2-3-6-12(11)19-13)17-14(20)16-9-15(21)7-4-8-15/h2-3,5-6,10,21H,4,7-9H2,1H3,(H,18,19)(H2,16,17,20). The van der Waals surface area contributed by atoms with E-state index >= 15 is 0 Å². The predicted molar refractivity (Wildman–Crippen MR) is 79.8 cm³/mol. The number of aliphatic hydroxyl groups is 1. The summed E-state index contributed by atoms with van der Waals surface area (Å²) >= 11 is 0. The third kappa shape index (κ3) is 3.00. The third-order valence-corrected chi connectivity index (χ3v) is 4.03. The van der Waals surface area contributed by atoms with Gasteiger partial charge in [-0.1, -0.05) is 12.1 Å². The van der Waals surface area contributed by atoms with Gasteiger partial charge in [0.15, 0.2) is 0 Å². The van der Waals surface area contributed by atoms with Crippen LogP contribution in [0, 0.1) is 0 Å². The number of benzene rings is 1. The SMILES string of the molecule is CC(NC(=O)NCC1(O)CCC1)c1nc2ccccc2[nH]1. The first-order valence-corrected chi connectivity index (χ1v) is 7.27. The summed E-state index contributed by atoms with van der Waals surface area (Å²) in [6.07, 6.45) is 2.54. The van der Waals surface area contributed by atoms with Gasteiger partial charge in [0.2, 0.25) is 0 Å².